The Hall–Kier alpha value is -3.69. The summed E-state index contributed by atoms with van der Waals surface area (Å²) >= 11 is 0. The van der Waals surface area contributed by atoms with Gasteiger partial charge in [-0.1, -0.05) is 5.16 Å². The quantitative estimate of drug-likeness (QED) is 0.548. The van der Waals surface area contributed by atoms with E-state index >= 15 is 0 Å². The van der Waals surface area contributed by atoms with Crippen molar-refractivity contribution in [1.82, 2.24) is 5.16 Å². The average Bonchev–Trinajstić information content (AvgIpc) is 3.11. The van der Waals surface area contributed by atoms with Crippen LogP contribution in [0.3, 0.4) is 0 Å². The van der Waals surface area contributed by atoms with Gasteiger partial charge >= 0.3 is 11.9 Å². The summed E-state index contributed by atoms with van der Waals surface area (Å²) < 4.78 is 14.8. The molecular weight excluding hydrogens is 406 g/mol. The highest BCUT2D eigenvalue weighted by molar-refractivity contribution is 5.93. The van der Waals surface area contributed by atoms with Crippen LogP contribution in [-0.4, -0.2) is 41.6 Å². The Morgan fingerprint density at radius 2 is 1.74 bits per heavy atom. The fraction of sp³-hybridized carbons (Fsp3) is 0.381. The molecule has 2 rings (SSSR count). The monoisotopic (exact) mass is 431 g/mol. The molecule has 2 aromatic rings. The number of hydrogen-bond donors (Lipinski definition) is 2. The number of aryl methyl sites for hydroxylation is 1. The zero-order valence-corrected chi connectivity index (χ0v) is 17.6. The lowest BCUT2D eigenvalue weighted by atomic mass is 10.2. The van der Waals surface area contributed by atoms with Crippen LogP contribution in [0.4, 0.5) is 11.5 Å². The number of rotatable bonds is 10. The standard InChI is InChI=1S/C21H25N3O7/c1-13(2)30-21(28)15-7-9-16(10-8-15)22-18(25)5-4-6-20(27)29-12-19(26)23-17-11-14(3)31-24-17/h7-11,13H,4-6,12H2,1-3H3,(H,22,25)(H,23,24,26). The van der Waals surface area contributed by atoms with E-state index in [1.54, 1.807) is 45.0 Å². The van der Waals surface area contributed by atoms with Gasteiger partial charge in [0.2, 0.25) is 5.91 Å². The Morgan fingerprint density at radius 1 is 1.03 bits per heavy atom. The molecule has 2 N–H and O–H groups in total. The van der Waals surface area contributed by atoms with Crippen molar-refractivity contribution in [2.24, 2.45) is 0 Å². The number of nitrogens with zero attached hydrogens (tertiary/aromatic N) is 1. The van der Waals surface area contributed by atoms with Gasteiger partial charge in [0.1, 0.15) is 5.76 Å². The van der Waals surface area contributed by atoms with E-state index in [1.165, 1.54) is 6.07 Å². The number of benzene rings is 1. The first-order valence-corrected chi connectivity index (χ1v) is 9.72. The fourth-order valence-corrected chi connectivity index (χ4v) is 2.41. The lowest BCUT2D eigenvalue weighted by molar-refractivity contribution is -0.147. The van der Waals surface area contributed by atoms with Gasteiger partial charge in [0.25, 0.3) is 5.91 Å². The molecule has 0 saturated carbocycles. The van der Waals surface area contributed by atoms with E-state index < -0.39 is 24.5 Å². The minimum atomic E-state index is -0.590. The van der Waals surface area contributed by atoms with Crippen LogP contribution in [0.25, 0.3) is 0 Å². The minimum absolute atomic E-state index is 0.0102. The van der Waals surface area contributed by atoms with Gasteiger partial charge in [-0.25, -0.2) is 4.79 Å². The number of hydrogen-bond acceptors (Lipinski definition) is 8. The van der Waals surface area contributed by atoms with E-state index in [2.05, 4.69) is 15.8 Å². The number of carbonyl (C=O) groups excluding carboxylic acids is 4. The van der Waals surface area contributed by atoms with Crippen LogP contribution in [0, 0.1) is 6.92 Å². The topological polar surface area (TPSA) is 137 Å². The molecule has 0 unspecified atom stereocenters. The maximum absolute atomic E-state index is 12.0. The Morgan fingerprint density at radius 3 is 2.35 bits per heavy atom. The maximum atomic E-state index is 12.0. The van der Waals surface area contributed by atoms with Gasteiger partial charge in [0, 0.05) is 24.6 Å². The molecule has 0 aliphatic heterocycles. The molecule has 0 saturated heterocycles. The second-order valence-corrected chi connectivity index (χ2v) is 6.96. The zero-order valence-electron chi connectivity index (χ0n) is 17.6. The van der Waals surface area contributed by atoms with Crippen LogP contribution in [0.2, 0.25) is 0 Å². The molecule has 0 aliphatic carbocycles. The van der Waals surface area contributed by atoms with Crippen LogP contribution < -0.4 is 10.6 Å². The fourth-order valence-electron chi connectivity index (χ4n) is 2.41. The van der Waals surface area contributed by atoms with Crippen molar-refractivity contribution < 1.29 is 33.2 Å². The molecule has 0 fully saturated rings. The number of carbonyl (C=O) groups is 4. The van der Waals surface area contributed by atoms with E-state index in [4.69, 9.17) is 14.0 Å². The third kappa shape index (κ3) is 8.69. The highest BCUT2D eigenvalue weighted by Gasteiger charge is 2.12. The molecule has 0 aliphatic rings. The second kappa shape index (κ2) is 11.5. The minimum Gasteiger partial charge on any atom is -0.459 e. The molecule has 1 heterocycles. The highest BCUT2D eigenvalue weighted by atomic mass is 16.5. The second-order valence-electron chi connectivity index (χ2n) is 6.96. The van der Waals surface area contributed by atoms with E-state index in [0.717, 1.165) is 0 Å². The summed E-state index contributed by atoms with van der Waals surface area (Å²) in [6.07, 6.45) is 0.124. The van der Waals surface area contributed by atoms with Gasteiger partial charge in [-0.15, -0.1) is 0 Å². The summed E-state index contributed by atoms with van der Waals surface area (Å²) in [7, 11) is 0. The van der Waals surface area contributed by atoms with Crippen molar-refractivity contribution >= 4 is 35.3 Å². The third-order valence-corrected chi connectivity index (χ3v) is 3.79. The van der Waals surface area contributed by atoms with Gasteiger partial charge in [-0.05, 0) is 51.5 Å². The van der Waals surface area contributed by atoms with Crippen LogP contribution in [0.15, 0.2) is 34.9 Å². The highest BCUT2D eigenvalue weighted by Crippen LogP contribution is 2.12. The molecule has 31 heavy (non-hydrogen) atoms. The average molecular weight is 431 g/mol. The largest absolute Gasteiger partial charge is 0.459 e. The van der Waals surface area contributed by atoms with Crippen molar-refractivity contribution in [2.45, 2.75) is 46.1 Å². The van der Waals surface area contributed by atoms with Crippen LogP contribution in [0.1, 0.15) is 49.2 Å². The van der Waals surface area contributed by atoms with Crippen molar-refractivity contribution in [1.29, 1.82) is 0 Å². The molecule has 10 heteroatoms. The van der Waals surface area contributed by atoms with Crippen molar-refractivity contribution in [3.05, 3.63) is 41.7 Å². The summed E-state index contributed by atoms with van der Waals surface area (Å²) in [6.45, 7) is 4.74. The Bertz CT molecular complexity index is 919. The first kappa shape index (κ1) is 23.6. The number of anilines is 2. The SMILES string of the molecule is Cc1cc(NC(=O)COC(=O)CCCC(=O)Nc2ccc(C(=O)OC(C)C)cc2)no1. The predicted molar refractivity (Wildman–Crippen MR) is 110 cm³/mol. The number of esters is 2. The molecule has 1 aromatic heterocycles. The molecular formula is C21H25N3O7. The third-order valence-electron chi connectivity index (χ3n) is 3.79. The van der Waals surface area contributed by atoms with Crippen LogP contribution >= 0.6 is 0 Å². The van der Waals surface area contributed by atoms with E-state index in [1.807, 2.05) is 0 Å². The lowest BCUT2D eigenvalue weighted by Gasteiger charge is -2.09. The molecule has 0 bridgehead atoms. The number of ether oxygens (including phenoxy) is 2. The Kier molecular flexibility index (Phi) is 8.74. The molecule has 2 amide bonds. The summed E-state index contributed by atoms with van der Waals surface area (Å²) in [5, 5.41) is 8.70. The van der Waals surface area contributed by atoms with Crippen molar-refractivity contribution in [2.75, 3.05) is 17.2 Å². The maximum Gasteiger partial charge on any atom is 0.338 e. The van der Waals surface area contributed by atoms with Gasteiger partial charge in [-0.3, -0.25) is 14.4 Å². The molecule has 166 valence electrons. The number of aromatic nitrogens is 1. The molecule has 10 nitrogen and oxygen atoms in total. The van der Waals surface area contributed by atoms with E-state index in [0.29, 0.717) is 17.0 Å². The van der Waals surface area contributed by atoms with Gasteiger partial charge < -0.3 is 24.6 Å². The summed E-state index contributed by atoms with van der Waals surface area (Å²) in [5.74, 6) is -1.08. The first-order chi connectivity index (χ1) is 14.7. The Labute approximate surface area is 179 Å². The van der Waals surface area contributed by atoms with Crippen molar-refractivity contribution in [3.63, 3.8) is 0 Å². The summed E-state index contributed by atoms with van der Waals surface area (Å²) in [5.41, 5.74) is 0.908. The number of amides is 2. The first-order valence-electron chi connectivity index (χ1n) is 9.72. The summed E-state index contributed by atoms with van der Waals surface area (Å²) in [6, 6.07) is 7.84. The molecule has 0 spiro atoms. The smallest absolute Gasteiger partial charge is 0.338 e. The van der Waals surface area contributed by atoms with Crippen LogP contribution in [-0.2, 0) is 23.9 Å². The lowest BCUT2D eigenvalue weighted by Crippen LogP contribution is -2.21. The zero-order chi connectivity index (χ0) is 22.8. The van der Waals surface area contributed by atoms with E-state index in [-0.39, 0.29) is 37.1 Å². The predicted octanol–water partition coefficient (Wildman–Crippen LogP) is 2.84. The van der Waals surface area contributed by atoms with Crippen molar-refractivity contribution in [3.8, 4) is 0 Å². The summed E-state index contributed by atoms with van der Waals surface area (Å²) in [4.78, 5) is 47.2. The molecule has 1 aromatic carbocycles. The van der Waals surface area contributed by atoms with E-state index in [9.17, 15) is 19.2 Å². The molecule has 0 radical (unpaired) electrons. The van der Waals surface area contributed by atoms with Gasteiger partial charge in [-0.2, -0.15) is 0 Å². The van der Waals surface area contributed by atoms with Gasteiger partial charge in [0.05, 0.1) is 11.7 Å². The number of nitrogens with one attached hydrogen (secondary N) is 2. The molecule has 0 atom stereocenters. The normalized spacial score (nSPS) is 10.5. The van der Waals surface area contributed by atoms with Gasteiger partial charge in [0.15, 0.2) is 12.4 Å². The Balaban J connectivity index is 1.64. The van der Waals surface area contributed by atoms with Crippen LogP contribution in [0.5, 0.6) is 0 Å².